The second kappa shape index (κ2) is 3.38. The van der Waals surface area contributed by atoms with Crippen LogP contribution in [-0.4, -0.2) is 16.0 Å². The fourth-order valence-corrected chi connectivity index (χ4v) is 1.36. The van der Waals surface area contributed by atoms with Crippen molar-refractivity contribution in [3.05, 3.63) is 11.5 Å². The van der Waals surface area contributed by atoms with Crippen molar-refractivity contribution in [2.45, 2.75) is 25.3 Å². The number of hydrogen-bond acceptors (Lipinski definition) is 4. The fraction of sp³-hybridized carbons (Fsp3) is 0.500. The molecule has 0 unspecified atom stereocenters. The summed E-state index contributed by atoms with van der Waals surface area (Å²) in [5.74, 6) is 0.657. The molecular weight excluding hydrogens is 188 g/mol. The third-order valence-electron chi connectivity index (χ3n) is 2.23. The van der Waals surface area contributed by atoms with Crippen LogP contribution in [0.15, 0.2) is 6.20 Å². The molecule has 4 nitrogen and oxygen atoms in total. The zero-order valence-electron chi connectivity index (χ0n) is 7.13. The van der Waals surface area contributed by atoms with E-state index in [0.717, 1.165) is 0 Å². The maximum Gasteiger partial charge on any atom is 0.224 e. The minimum Gasteiger partial charge on any atom is -0.394 e. The van der Waals surface area contributed by atoms with Crippen molar-refractivity contribution in [2.75, 3.05) is 11.1 Å². The van der Waals surface area contributed by atoms with Crippen LogP contribution in [0.2, 0.25) is 5.28 Å². The maximum atomic E-state index is 5.67. The lowest BCUT2D eigenvalue weighted by Gasteiger charge is -2.27. The average Bonchev–Trinajstić information content (AvgIpc) is 2.03. The van der Waals surface area contributed by atoms with Gasteiger partial charge in [-0.25, -0.2) is 4.98 Å². The lowest BCUT2D eigenvalue weighted by atomic mass is 9.93. The predicted molar refractivity (Wildman–Crippen MR) is 52.7 cm³/mol. The Hall–Kier alpha value is -1.03. The van der Waals surface area contributed by atoms with E-state index >= 15 is 0 Å². The first-order valence-electron chi connectivity index (χ1n) is 4.30. The number of rotatable bonds is 2. The lowest BCUT2D eigenvalue weighted by Crippen LogP contribution is -2.28. The van der Waals surface area contributed by atoms with Crippen LogP contribution in [0.25, 0.3) is 0 Å². The van der Waals surface area contributed by atoms with Gasteiger partial charge in [-0.05, 0) is 30.9 Å². The molecule has 0 radical (unpaired) electrons. The van der Waals surface area contributed by atoms with Crippen molar-refractivity contribution < 1.29 is 0 Å². The summed E-state index contributed by atoms with van der Waals surface area (Å²) in [6.45, 7) is 0. The van der Waals surface area contributed by atoms with Gasteiger partial charge in [0.25, 0.3) is 0 Å². The molecule has 13 heavy (non-hydrogen) atoms. The fourth-order valence-electron chi connectivity index (χ4n) is 1.23. The van der Waals surface area contributed by atoms with Crippen LogP contribution >= 0.6 is 11.6 Å². The van der Waals surface area contributed by atoms with Gasteiger partial charge in [0.2, 0.25) is 5.28 Å². The average molecular weight is 199 g/mol. The van der Waals surface area contributed by atoms with Gasteiger partial charge in [0, 0.05) is 6.04 Å². The van der Waals surface area contributed by atoms with Crippen LogP contribution in [0.4, 0.5) is 11.5 Å². The van der Waals surface area contributed by atoms with E-state index in [1.165, 1.54) is 25.5 Å². The maximum absolute atomic E-state index is 5.67. The third-order valence-corrected chi connectivity index (χ3v) is 2.42. The van der Waals surface area contributed by atoms with Gasteiger partial charge in [-0.15, -0.1) is 0 Å². The zero-order chi connectivity index (χ0) is 9.26. The van der Waals surface area contributed by atoms with E-state index in [4.69, 9.17) is 17.3 Å². The van der Waals surface area contributed by atoms with Gasteiger partial charge in [0.15, 0.2) is 5.82 Å². The highest BCUT2D eigenvalue weighted by atomic mass is 35.5. The Balaban J connectivity index is 2.13. The molecule has 0 aromatic carbocycles. The van der Waals surface area contributed by atoms with E-state index in [9.17, 15) is 0 Å². The lowest BCUT2D eigenvalue weighted by molar-refractivity contribution is 0.444. The van der Waals surface area contributed by atoms with Crippen LogP contribution in [0, 0.1) is 0 Å². The predicted octanol–water partition coefficient (Wildman–Crippen LogP) is 1.68. The topological polar surface area (TPSA) is 63.8 Å². The van der Waals surface area contributed by atoms with Gasteiger partial charge in [-0.3, -0.25) is 0 Å². The van der Waals surface area contributed by atoms with E-state index < -0.39 is 0 Å². The quantitative estimate of drug-likeness (QED) is 0.710. The highest BCUT2D eigenvalue weighted by molar-refractivity contribution is 6.28. The van der Waals surface area contributed by atoms with Crippen molar-refractivity contribution in [2.24, 2.45) is 0 Å². The van der Waals surface area contributed by atoms with E-state index in [0.29, 0.717) is 17.5 Å². The van der Waals surface area contributed by atoms with Crippen molar-refractivity contribution in [3.8, 4) is 0 Å². The van der Waals surface area contributed by atoms with Gasteiger partial charge in [0.1, 0.15) is 0 Å². The van der Waals surface area contributed by atoms with Gasteiger partial charge in [0.05, 0.1) is 11.9 Å². The zero-order valence-corrected chi connectivity index (χ0v) is 7.88. The second-order valence-electron chi connectivity index (χ2n) is 3.22. The molecule has 0 spiro atoms. The third kappa shape index (κ3) is 1.83. The number of anilines is 2. The summed E-state index contributed by atoms with van der Waals surface area (Å²) in [5.41, 5.74) is 6.22. The van der Waals surface area contributed by atoms with Crippen molar-refractivity contribution in [1.82, 2.24) is 9.97 Å². The summed E-state index contributed by atoms with van der Waals surface area (Å²) in [7, 11) is 0. The Morgan fingerprint density at radius 1 is 1.54 bits per heavy atom. The number of aromatic nitrogens is 2. The Labute approximate surface area is 81.5 Å². The van der Waals surface area contributed by atoms with Crippen molar-refractivity contribution in [1.29, 1.82) is 0 Å². The molecule has 0 atom stereocenters. The van der Waals surface area contributed by atoms with Gasteiger partial charge in [-0.2, -0.15) is 4.98 Å². The number of nitrogens with zero attached hydrogens (tertiary/aromatic N) is 2. The standard InChI is InChI=1S/C8H11ClN4/c9-8-11-4-6(10)7(13-8)12-5-2-1-3-5/h4-5H,1-3,10H2,(H,11,12,13). The second-order valence-corrected chi connectivity index (χ2v) is 3.55. The summed E-state index contributed by atoms with van der Waals surface area (Å²) in [6.07, 6.45) is 5.16. The Morgan fingerprint density at radius 3 is 2.92 bits per heavy atom. The highest BCUT2D eigenvalue weighted by Gasteiger charge is 2.18. The molecule has 1 saturated carbocycles. The summed E-state index contributed by atoms with van der Waals surface area (Å²) in [4.78, 5) is 7.79. The molecule has 2 rings (SSSR count). The molecule has 1 aliphatic carbocycles. The molecule has 1 heterocycles. The summed E-state index contributed by atoms with van der Waals surface area (Å²) in [6, 6.07) is 0.508. The molecule has 0 bridgehead atoms. The van der Waals surface area contributed by atoms with Crippen molar-refractivity contribution in [3.63, 3.8) is 0 Å². The van der Waals surface area contributed by atoms with E-state index in [-0.39, 0.29) is 5.28 Å². The first kappa shape index (κ1) is 8.56. The molecule has 5 heteroatoms. The summed E-state index contributed by atoms with van der Waals surface area (Å²) >= 11 is 5.64. The molecule has 0 aliphatic heterocycles. The largest absolute Gasteiger partial charge is 0.394 e. The molecule has 1 aromatic rings. The van der Waals surface area contributed by atoms with Gasteiger partial charge >= 0.3 is 0 Å². The molecule has 0 amide bonds. The van der Waals surface area contributed by atoms with Crippen molar-refractivity contribution >= 4 is 23.1 Å². The Morgan fingerprint density at radius 2 is 2.31 bits per heavy atom. The monoisotopic (exact) mass is 198 g/mol. The van der Waals surface area contributed by atoms with Crippen LogP contribution in [0.5, 0.6) is 0 Å². The number of hydrogen-bond donors (Lipinski definition) is 2. The van der Waals surface area contributed by atoms with E-state index in [2.05, 4.69) is 15.3 Å². The molecule has 1 aliphatic rings. The van der Waals surface area contributed by atoms with Crippen LogP contribution < -0.4 is 11.1 Å². The molecule has 1 aromatic heterocycles. The number of halogens is 1. The molecular formula is C8H11ClN4. The van der Waals surface area contributed by atoms with E-state index in [1.807, 2.05) is 0 Å². The minimum atomic E-state index is 0.232. The normalized spacial score (nSPS) is 16.7. The van der Waals surface area contributed by atoms with Gasteiger partial charge in [-0.1, -0.05) is 0 Å². The minimum absolute atomic E-state index is 0.232. The first-order chi connectivity index (χ1) is 6.25. The Bertz CT molecular complexity index is 311. The molecule has 1 fully saturated rings. The van der Waals surface area contributed by atoms with Gasteiger partial charge < -0.3 is 11.1 Å². The number of nitrogen functional groups attached to an aromatic ring is 1. The van der Waals surface area contributed by atoms with Crippen LogP contribution in [0.3, 0.4) is 0 Å². The number of nitrogens with two attached hydrogens (primary N) is 1. The SMILES string of the molecule is Nc1cnc(Cl)nc1NC1CCC1. The molecule has 70 valence electrons. The number of nitrogens with one attached hydrogen (secondary N) is 1. The molecule has 0 saturated heterocycles. The summed E-state index contributed by atoms with van der Waals surface area (Å²) in [5, 5.41) is 3.46. The van der Waals surface area contributed by atoms with Crippen LogP contribution in [0.1, 0.15) is 19.3 Å². The highest BCUT2D eigenvalue weighted by Crippen LogP contribution is 2.25. The first-order valence-corrected chi connectivity index (χ1v) is 4.68. The summed E-state index contributed by atoms with van der Waals surface area (Å²) < 4.78 is 0. The van der Waals surface area contributed by atoms with Crippen LogP contribution in [-0.2, 0) is 0 Å². The van der Waals surface area contributed by atoms with E-state index in [1.54, 1.807) is 0 Å². The smallest absolute Gasteiger partial charge is 0.224 e. The Kier molecular flexibility index (Phi) is 2.22. The molecule has 3 N–H and O–H groups in total.